The van der Waals surface area contributed by atoms with Crippen LogP contribution in [0.4, 0.5) is 0 Å². The average molecular weight is 284 g/mol. The highest BCUT2D eigenvalue weighted by molar-refractivity contribution is 9.10. The number of aromatic nitrogens is 1. The number of rotatable bonds is 2. The van der Waals surface area contributed by atoms with E-state index in [1.54, 1.807) is 12.1 Å². The largest absolute Gasteiger partial charge is 0.476 e. The quantitative estimate of drug-likeness (QED) is 0.920. The van der Waals surface area contributed by atoms with Gasteiger partial charge in [0.2, 0.25) is 0 Å². The van der Waals surface area contributed by atoms with Crippen LogP contribution in [-0.4, -0.2) is 16.1 Å². The molecule has 2 heterocycles. The minimum atomic E-state index is -1.01. The minimum Gasteiger partial charge on any atom is -0.476 e. The molecule has 0 unspecified atom stereocenters. The van der Waals surface area contributed by atoms with Gasteiger partial charge in [-0.1, -0.05) is 6.07 Å². The molecule has 0 radical (unpaired) electrons. The zero-order valence-corrected chi connectivity index (χ0v) is 9.88. The van der Waals surface area contributed by atoms with Crippen molar-refractivity contribution in [1.29, 1.82) is 0 Å². The Kier molecular flexibility index (Phi) is 2.83. The van der Waals surface area contributed by atoms with Gasteiger partial charge in [-0.25, -0.2) is 9.78 Å². The van der Waals surface area contributed by atoms with Gasteiger partial charge in [0.1, 0.15) is 0 Å². The Bertz CT molecular complexity index is 510. The van der Waals surface area contributed by atoms with Crippen LogP contribution in [0.1, 0.15) is 10.5 Å². The number of halogens is 1. The van der Waals surface area contributed by atoms with Gasteiger partial charge >= 0.3 is 5.97 Å². The molecular weight excluding hydrogens is 278 g/mol. The molecule has 3 nitrogen and oxygen atoms in total. The summed E-state index contributed by atoms with van der Waals surface area (Å²) >= 11 is 4.89. The van der Waals surface area contributed by atoms with Crippen molar-refractivity contribution in [1.82, 2.24) is 4.98 Å². The molecular formula is C10H6BrNO2S. The molecule has 0 bridgehead atoms. The second-order valence-corrected chi connectivity index (χ2v) is 4.44. The van der Waals surface area contributed by atoms with E-state index < -0.39 is 5.97 Å². The summed E-state index contributed by atoms with van der Waals surface area (Å²) in [4.78, 5) is 14.8. The summed E-state index contributed by atoms with van der Waals surface area (Å²) in [5, 5.41) is 12.8. The number of thiophene rings is 1. The third-order valence-electron chi connectivity index (χ3n) is 1.92. The Labute approximate surface area is 98.5 Å². The maximum absolute atomic E-state index is 11.0. The average Bonchev–Trinajstić information content (AvgIpc) is 2.64. The number of carboxylic acids is 1. The molecule has 2 rings (SSSR count). The van der Waals surface area contributed by atoms with Gasteiger partial charge in [0.15, 0.2) is 5.69 Å². The van der Waals surface area contributed by atoms with E-state index >= 15 is 0 Å². The fourth-order valence-electron chi connectivity index (χ4n) is 1.27. The van der Waals surface area contributed by atoms with Gasteiger partial charge in [0.05, 0.1) is 0 Å². The molecule has 0 fully saturated rings. The Morgan fingerprint density at radius 2 is 2.20 bits per heavy atom. The third kappa shape index (κ3) is 1.93. The molecule has 76 valence electrons. The normalized spacial score (nSPS) is 10.2. The fourth-order valence-corrected chi connectivity index (χ4v) is 2.77. The maximum atomic E-state index is 11.0. The lowest BCUT2D eigenvalue weighted by Gasteiger charge is -2.02. The monoisotopic (exact) mass is 283 g/mol. The highest BCUT2D eigenvalue weighted by atomic mass is 79.9. The van der Waals surface area contributed by atoms with Crippen LogP contribution in [0.25, 0.3) is 11.1 Å². The highest BCUT2D eigenvalue weighted by Gasteiger charge is 2.14. The number of nitrogens with zero attached hydrogens (tertiary/aromatic N) is 1. The molecule has 1 N–H and O–H groups in total. The summed E-state index contributed by atoms with van der Waals surface area (Å²) in [5.41, 5.74) is 1.58. The molecule has 2 aromatic heterocycles. The van der Waals surface area contributed by atoms with Gasteiger partial charge < -0.3 is 5.11 Å². The smallest absolute Gasteiger partial charge is 0.355 e. The van der Waals surface area contributed by atoms with Crippen LogP contribution in [0.2, 0.25) is 0 Å². The highest BCUT2D eigenvalue weighted by Crippen LogP contribution is 2.32. The third-order valence-corrected chi connectivity index (χ3v) is 3.62. The van der Waals surface area contributed by atoms with E-state index in [9.17, 15) is 4.79 Å². The number of hydrogen-bond donors (Lipinski definition) is 1. The molecule has 0 amide bonds. The molecule has 0 aromatic carbocycles. The molecule has 0 atom stereocenters. The topological polar surface area (TPSA) is 50.2 Å². The van der Waals surface area contributed by atoms with Crippen molar-refractivity contribution >= 4 is 33.2 Å². The Balaban J connectivity index is 2.63. The van der Waals surface area contributed by atoms with Crippen molar-refractivity contribution in [2.75, 3.05) is 0 Å². The Hall–Kier alpha value is -1.20. The Morgan fingerprint density at radius 3 is 2.80 bits per heavy atom. The standard InChI is InChI=1S/C10H6BrNO2S/c11-8-5-15-4-7(8)6-2-1-3-12-9(6)10(13)14/h1-5H,(H,13,14). The van der Waals surface area contributed by atoms with E-state index in [0.717, 1.165) is 10.0 Å². The van der Waals surface area contributed by atoms with E-state index in [0.29, 0.717) is 5.56 Å². The molecule has 0 saturated heterocycles. The second kappa shape index (κ2) is 4.12. The SMILES string of the molecule is O=C(O)c1ncccc1-c1cscc1Br. The van der Waals surface area contributed by atoms with Crippen LogP contribution in [0.5, 0.6) is 0 Å². The first-order chi connectivity index (χ1) is 7.20. The molecule has 5 heteroatoms. The first-order valence-electron chi connectivity index (χ1n) is 4.10. The van der Waals surface area contributed by atoms with Crippen molar-refractivity contribution < 1.29 is 9.90 Å². The van der Waals surface area contributed by atoms with Gasteiger partial charge in [-0.15, -0.1) is 0 Å². The predicted molar refractivity (Wildman–Crippen MR) is 62.2 cm³/mol. The van der Waals surface area contributed by atoms with E-state index in [4.69, 9.17) is 5.11 Å². The first-order valence-corrected chi connectivity index (χ1v) is 5.84. The molecule has 0 aliphatic heterocycles. The molecule has 0 spiro atoms. The van der Waals surface area contributed by atoms with Gasteiger partial charge in [0, 0.05) is 27.2 Å². The minimum absolute atomic E-state index is 0.0802. The summed E-state index contributed by atoms with van der Waals surface area (Å²) in [6.45, 7) is 0. The van der Waals surface area contributed by atoms with Crippen molar-refractivity contribution in [3.8, 4) is 11.1 Å². The number of carbonyl (C=O) groups is 1. The van der Waals surface area contributed by atoms with Crippen LogP contribution >= 0.6 is 27.3 Å². The van der Waals surface area contributed by atoms with Crippen LogP contribution in [0.3, 0.4) is 0 Å². The van der Waals surface area contributed by atoms with Crippen molar-refractivity contribution in [2.45, 2.75) is 0 Å². The zero-order chi connectivity index (χ0) is 10.8. The predicted octanol–water partition coefficient (Wildman–Crippen LogP) is 3.27. The zero-order valence-electron chi connectivity index (χ0n) is 7.48. The van der Waals surface area contributed by atoms with Crippen LogP contribution < -0.4 is 0 Å². The summed E-state index contributed by atoms with van der Waals surface area (Å²) in [6.07, 6.45) is 1.48. The summed E-state index contributed by atoms with van der Waals surface area (Å²) < 4.78 is 0.892. The van der Waals surface area contributed by atoms with Crippen LogP contribution in [0.15, 0.2) is 33.6 Å². The molecule has 0 aliphatic carbocycles. The van der Waals surface area contributed by atoms with Crippen molar-refractivity contribution in [3.63, 3.8) is 0 Å². The lowest BCUT2D eigenvalue weighted by atomic mass is 10.1. The number of aromatic carboxylic acids is 1. The number of pyridine rings is 1. The van der Waals surface area contributed by atoms with Crippen molar-refractivity contribution in [2.24, 2.45) is 0 Å². The van der Waals surface area contributed by atoms with Gasteiger partial charge in [0.25, 0.3) is 0 Å². The number of carboxylic acid groups (broad SMARTS) is 1. The van der Waals surface area contributed by atoms with Gasteiger partial charge in [-0.2, -0.15) is 11.3 Å². The molecule has 2 aromatic rings. The Morgan fingerprint density at radius 1 is 1.40 bits per heavy atom. The molecule has 0 aliphatic rings. The second-order valence-electron chi connectivity index (χ2n) is 2.84. The van der Waals surface area contributed by atoms with E-state index in [1.165, 1.54) is 17.5 Å². The lowest BCUT2D eigenvalue weighted by Crippen LogP contribution is -2.02. The first kappa shape index (κ1) is 10.3. The molecule has 15 heavy (non-hydrogen) atoms. The van der Waals surface area contributed by atoms with Gasteiger partial charge in [-0.05, 0) is 27.4 Å². The van der Waals surface area contributed by atoms with E-state index in [2.05, 4.69) is 20.9 Å². The summed E-state index contributed by atoms with van der Waals surface area (Å²) in [5.74, 6) is -1.01. The van der Waals surface area contributed by atoms with Crippen molar-refractivity contribution in [3.05, 3.63) is 39.3 Å². The lowest BCUT2D eigenvalue weighted by molar-refractivity contribution is 0.0691. The molecule has 0 saturated carbocycles. The fraction of sp³-hybridized carbons (Fsp3) is 0. The van der Waals surface area contributed by atoms with Gasteiger partial charge in [-0.3, -0.25) is 0 Å². The summed E-state index contributed by atoms with van der Waals surface area (Å²) in [7, 11) is 0. The van der Waals surface area contributed by atoms with Crippen LogP contribution in [-0.2, 0) is 0 Å². The van der Waals surface area contributed by atoms with E-state index in [1.807, 2.05) is 10.8 Å². The van der Waals surface area contributed by atoms with E-state index in [-0.39, 0.29) is 5.69 Å². The maximum Gasteiger partial charge on any atom is 0.355 e. The summed E-state index contributed by atoms with van der Waals surface area (Å²) in [6, 6.07) is 3.48. The number of hydrogen-bond acceptors (Lipinski definition) is 3. The van der Waals surface area contributed by atoms with Crippen LogP contribution in [0, 0.1) is 0 Å².